The average Bonchev–Trinajstić information content (AvgIpc) is 2.85. The van der Waals surface area contributed by atoms with E-state index < -0.39 is 10.0 Å². The van der Waals surface area contributed by atoms with Gasteiger partial charge in [0, 0.05) is 18.4 Å². The van der Waals surface area contributed by atoms with Crippen molar-refractivity contribution in [3.05, 3.63) is 18.2 Å². The molecule has 3 N–H and O–H groups in total. The number of nitrogens with one attached hydrogen (secondary N) is 3. The number of hydrogen-bond donors (Lipinski definition) is 3. The van der Waals surface area contributed by atoms with Crippen molar-refractivity contribution in [1.29, 1.82) is 0 Å². The van der Waals surface area contributed by atoms with Crippen LogP contribution in [0, 0.1) is 0 Å². The maximum absolute atomic E-state index is 11.9. The van der Waals surface area contributed by atoms with Crippen LogP contribution in [0.15, 0.2) is 12.4 Å². The summed E-state index contributed by atoms with van der Waals surface area (Å²) in [6.07, 6.45) is 5.27. The van der Waals surface area contributed by atoms with Crippen LogP contribution in [-0.2, 0) is 10.0 Å². The standard InChI is InChI=1S/C10H18N4O2S/c1-8(10-12-5-6-13-10)14-17(15,16)7-9-3-2-4-11-9/h5-6,8-9,11,14H,2-4,7H2,1H3,(H,12,13). The SMILES string of the molecule is CC(NS(=O)(=O)CC1CCCN1)c1ncc[nH]1. The first-order chi connectivity index (χ1) is 8.07. The number of H-pyrrole nitrogens is 1. The molecule has 1 fully saturated rings. The Balaban J connectivity index is 1.92. The molecule has 0 bridgehead atoms. The largest absolute Gasteiger partial charge is 0.347 e. The number of aromatic amines is 1. The van der Waals surface area contributed by atoms with Gasteiger partial charge in [-0.05, 0) is 26.3 Å². The van der Waals surface area contributed by atoms with Crippen LogP contribution in [0.4, 0.5) is 0 Å². The van der Waals surface area contributed by atoms with Crippen molar-refractivity contribution in [1.82, 2.24) is 20.0 Å². The van der Waals surface area contributed by atoms with Crippen LogP contribution in [0.3, 0.4) is 0 Å². The second-order valence-electron chi connectivity index (χ2n) is 4.39. The summed E-state index contributed by atoms with van der Waals surface area (Å²) in [4.78, 5) is 6.93. The van der Waals surface area contributed by atoms with Crippen LogP contribution in [0.2, 0.25) is 0 Å². The summed E-state index contributed by atoms with van der Waals surface area (Å²) in [7, 11) is -3.26. The van der Waals surface area contributed by atoms with E-state index in [2.05, 4.69) is 20.0 Å². The van der Waals surface area contributed by atoms with E-state index in [1.807, 2.05) is 0 Å². The molecule has 0 spiro atoms. The Bertz CT molecular complexity index is 437. The van der Waals surface area contributed by atoms with Gasteiger partial charge >= 0.3 is 0 Å². The van der Waals surface area contributed by atoms with Crippen LogP contribution in [0.1, 0.15) is 31.6 Å². The quantitative estimate of drug-likeness (QED) is 0.701. The molecule has 1 aromatic rings. The normalized spacial score (nSPS) is 22.8. The number of aromatic nitrogens is 2. The molecule has 0 radical (unpaired) electrons. The zero-order valence-electron chi connectivity index (χ0n) is 9.81. The van der Waals surface area contributed by atoms with Gasteiger partial charge in [0.1, 0.15) is 5.82 Å². The first-order valence-electron chi connectivity index (χ1n) is 5.79. The number of hydrogen-bond acceptors (Lipinski definition) is 4. The van der Waals surface area contributed by atoms with E-state index in [0.717, 1.165) is 19.4 Å². The van der Waals surface area contributed by atoms with Crippen molar-refractivity contribution in [3.63, 3.8) is 0 Å². The molecule has 7 heteroatoms. The second kappa shape index (κ2) is 5.16. The molecular formula is C10H18N4O2S. The van der Waals surface area contributed by atoms with Gasteiger partial charge in [-0.25, -0.2) is 18.1 Å². The van der Waals surface area contributed by atoms with E-state index in [1.54, 1.807) is 19.3 Å². The lowest BCUT2D eigenvalue weighted by Crippen LogP contribution is -2.37. The molecule has 0 aromatic carbocycles. The molecule has 17 heavy (non-hydrogen) atoms. The Morgan fingerprint density at radius 1 is 1.65 bits per heavy atom. The fraction of sp³-hybridized carbons (Fsp3) is 0.700. The van der Waals surface area contributed by atoms with E-state index >= 15 is 0 Å². The topological polar surface area (TPSA) is 86.9 Å². The van der Waals surface area contributed by atoms with Gasteiger partial charge in [0.2, 0.25) is 10.0 Å². The lowest BCUT2D eigenvalue weighted by atomic mass is 10.3. The van der Waals surface area contributed by atoms with E-state index in [-0.39, 0.29) is 17.8 Å². The third kappa shape index (κ3) is 3.52. The minimum Gasteiger partial charge on any atom is -0.347 e. The van der Waals surface area contributed by atoms with Crippen molar-refractivity contribution in [2.75, 3.05) is 12.3 Å². The molecule has 2 atom stereocenters. The van der Waals surface area contributed by atoms with Gasteiger partial charge in [0.05, 0.1) is 11.8 Å². The molecule has 2 unspecified atom stereocenters. The molecule has 1 aliphatic heterocycles. The summed E-state index contributed by atoms with van der Waals surface area (Å²) >= 11 is 0. The second-order valence-corrected chi connectivity index (χ2v) is 6.19. The third-order valence-electron chi connectivity index (χ3n) is 2.87. The van der Waals surface area contributed by atoms with Gasteiger partial charge in [-0.3, -0.25) is 0 Å². The Morgan fingerprint density at radius 3 is 3.06 bits per heavy atom. The number of sulfonamides is 1. The number of nitrogens with zero attached hydrogens (tertiary/aromatic N) is 1. The van der Waals surface area contributed by atoms with Crippen molar-refractivity contribution in [3.8, 4) is 0 Å². The predicted molar refractivity (Wildman–Crippen MR) is 64.9 cm³/mol. The minimum atomic E-state index is -3.26. The molecule has 2 rings (SSSR count). The zero-order valence-corrected chi connectivity index (χ0v) is 10.6. The number of rotatable bonds is 5. The van der Waals surface area contributed by atoms with Gasteiger partial charge in [-0.2, -0.15) is 0 Å². The Labute approximate surface area is 101 Å². The Kier molecular flexibility index (Phi) is 3.80. The zero-order chi connectivity index (χ0) is 12.3. The summed E-state index contributed by atoms with van der Waals surface area (Å²) in [6, 6.07) is -0.243. The monoisotopic (exact) mass is 258 g/mol. The van der Waals surface area contributed by atoms with Crippen LogP contribution in [-0.4, -0.2) is 36.7 Å². The highest BCUT2D eigenvalue weighted by Crippen LogP contribution is 2.11. The van der Waals surface area contributed by atoms with Gasteiger partial charge in [-0.1, -0.05) is 0 Å². The smallest absolute Gasteiger partial charge is 0.213 e. The van der Waals surface area contributed by atoms with Gasteiger partial charge in [0.25, 0.3) is 0 Å². The lowest BCUT2D eigenvalue weighted by molar-refractivity contribution is 0.546. The molecule has 0 aliphatic carbocycles. The van der Waals surface area contributed by atoms with Gasteiger partial charge in [0.15, 0.2) is 0 Å². The highest BCUT2D eigenvalue weighted by molar-refractivity contribution is 7.89. The molecule has 1 aromatic heterocycles. The van der Waals surface area contributed by atoms with Gasteiger partial charge < -0.3 is 10.3 Å². The maximum Gasteiger partial charge on any atom is 0.213 e. The van der Waals surface area contributed by atoms with Crippen molar-refractivity contribution < 1.29 is 8.42 Å². The van der Waals surface area contributed by atoms with E-state index in [0.29, 0.717) is 5.82 Å². The number of imidazole rings is 1. The Hall–Kier alpha value is -0.920. The summed E-state index contributed by atoms with van der Waals surface area (Å²) in [5.41, 5.74) is 0. The van der Waals surface area contributed by atoms with E-state index in [1.165, 1.54) is 0 Å². The predicted octanol–water partition coefficient (Wildman–Crippen LogP) is 0.142. The third-order valence-corrected chi connectivity index (χ3v) is 4.42. The van der Waals surface area contributed by atoms with Crippen LogP contribution in [0.25, 0.3) is 0 Å². The average molecular weight is 258 g/mol. The van der Waals surface area contributed by atoms with Crippen molar-refractivity contribution in [2.45, 2.75) is 31.8 Å². The summed E-state index contributed by atoms with van der Waals surface area (Å²) in [5, 5.41) is 3.18. The molecule has 0 saturated carbocycles. The first-order valence-corrected chi connectivity index (χ1v) is 7.45. The minimum absolute atomic E-state index is 0.0799. The van der Waals surface area contributed by atoms with Crippen LogP contribution >= 0.6 is 0 Å². The summed E-state index contributed by atoms with van der Waals surface area (Å²) in [5.74, 6) is 0.769. The Morgan fingerprint density at radius 2 is 2.47 bits per heavy atom. The molecular weight excluding hydrogens is 240 g/mol. The van der Waals surface area contributed by atoms with E-state index in [9.17, 15) is 8.42 Å². The van der Waals surface area contributed by atoms with Crippen LogP contribution < -0.4 is 10.0 Å². The lowest BCUT2D eigenvalue weighted by Gasteiger charge is -2.15. The fourth-order valence-corrected chi connectivity index (χ4v) is 3.61. The van der Waals surface area contributed by atoms with E-state index in [4.69, 9.17) is 0 Å². The van der Waals surface area contributed by atoms with Crippen molar-refractivity contribution in [2.24, 2.45) is 0 Å². The first kappa shape index (κ1) is 12.5. The summed E-state index contributed by atoms with van der Waals surface area (Å²) in [6.45, 7) is 2.69. The molecule has 0 amide bonds. The highest BCUT2D eigenvalue weighted by atomic mass is 32.2. The maximum atomic E-state index is 11.9. The molecule has 6 nitrogen and oxygen atoms in total. The van der Waals surface area contributed by atoms with Crippen molar-refractivity contribution >= 4 is 10.0 Å². The molecule has 96 valence electrons. The fourth-order valence-electron chi connectivity index (χ4n) is 2.05. The van der Waals surface area contributed by atoms with Crippen LogP contribution in [0.5, 0.6) is 0 Å². The molecule has 1 aliphatic rings. The highest BCUT2D eigenvalue weighted by Gasteiger charge is 2.24. The summed E-state index contributed by atoms with van der Waals surface area (Å²) < 4.78 is 26.4. The molecule has 1 saturated heterocycles. The van der Waals surface area contributed by atoms with Gasteiger partial charge in [-0.15, -0.1) is 0 Å². The molecule has 2 heterocycles.